The van der Waals surface area contributed by atoms with Crippen LogP contribution in [0.25, 0.3) is 11.3 Å². The van der Waals surface area contributed by atoms with Crippen LogP contribution in [0.3, 0.4) is 0 Å². The van der Waals surface area contributed by atoms with Gasteiger partial charge < -0.3 is 10.5 Å². The Morgan fingerprint density at radius 1 is 1.10 bits per heavy atom. The molecule has 0 spiro atoms. The summed E-state index contributed by atoms with van der Waals surface area (Å²) in [5, 5.41) is 9.10. The number of benzene rings is 2. The number of aryl methyl sites for hydroxylation is 1. The van der Waals surface area contributed by atoms with E-state index >= 15 is 0 Å². The molecule has 0 amide bonds. The lowest BCUT2D eigenvalue weighted by Gasteiger charge is -2.04. The Balaban J connectivity index is 1.74. The van der Waals surface area contributed by atoms with Crippen LogP contribution in [0, 0.1) is 6.92 Å². The lowest BCUT2D eigenvalue weighted by molar-refractivity contribution is 0.415. The molecule has 7 nitrogen and oxygen atoms in total. The maximum atomic E-state index is 12.3. The molecule has 31 heavy (non-hydrogen) atoms. The number of ether oxygens (including phenoxy) is 1. The van der Waals surface area contributed by atoms with Crippen molar-refractivity contribution >= 4 is 12.0 Å². The second-order valence-corrected chi connectivity index (χ2v) is 7.20. The van der Waals surface area contributed by atoms with Crippen LogP contribution in [0.15, 0.2) is 82.8 Å². The SMILES string of the molecule is COc1ccc(-c2nn(Cc3ccccc3)cc2/C=N\n2c(N)cc(C)cc2=O)cc1. The predicted octanol–water partition coefficient (Wildman–Crippen LogP) is 3.54. The van der Waals surface area contributed by atoms with Crippen LogP contribution in [0.4, 0.5) is 5.82 Å². The van der Waals surface area contributed by atoms with Crippen molar-refractivity contribution in [1.29, 1.82) is 0 Å². The van der Waals surface area contributed by atoms with E-state index in [1.54, 1.807) is 19.4 Å². The molecule has 7 heteroatoms. The first-order valence-corrected chi connectivity index (χ1v) is 9.83. The van der Waals surface area contributed by atoms with Gasteiger partial charge in [0, 0.05) is 23.4 Å². The quantitative estimate of drug-likeness (QED) is 0.490. The van der Waals surface area contributed by atoms with E-state index in [0.29, 0.717) is 6.54 Å². The lowest BCUT2D eigenvalue weighted by Crippen LogP contribution is -2.19. The molecule has 4 aromatic rings. The molecule has 0 aliphatic heterocycles. The average Bonchev–Trinajstić information content (AvgIpc) is 3.16. The lowest BCUT2D eigenvalue weighted by atomic mass is 10.1. The molecule has 156 valence electrons. The number of methoxy groups -OCH3 is 1. The summed E-state index contributed by atoms with van der Waals surface area (Å²) in [5.41, 5.74) is 10.1. The van der Waals surface area contributed by atoms with Gasteiger partial charge in [-0.15, -0.1) is 0 Å². The molecule has 0 aliphatic carbocycles. The topological polar surface area (TPSA) is 87.4 Å². The van der Waals surface area contributed by atoms with Gasteiger partial charge in [-0.3, -0.25) is 9.48 Å². The van der Waals surface area contributed by atoms with Crippen molar-refractivity contribution in [1.82, 2.24) is 14.5 Å². The van der Waals surface area contributed by atoms with Crippen molar-refractivity contribution < 1.29 is 4.74 Å². The smallest absolute Gasteiger partial charge is 0.273 e. The van der Waals surface area contributed by atoms with Crippen LogP contribution in [0.5, 0.6) is 5.75 Å². The molecular formula is C24H23N5O2. The van der Waals surface area contributed by atoms with Crippen LogP contribution in [0.1, 0.15) is 16.7 Å². The van der Waals surface area contributed by atoms with E-state index in [1.165, 1.54) is 10.7 Å². The van der Waals surface area contributed by atoms with Crippen LogP contribution in [0.2, 0.25) is 0 Å². The van der Waals surface area contributed by atoms with Gasteiger partial charge >= 0.3 is 0 Å². The fourth-order valence-corrected chi connectivity index (χ4v) is 3.32. The molecule has 2 N–H and O–H groups in total. The summed E-state index contributed by atoms with van der Waals surface area (Å²) >= 11 is 0. The minimum Gasteiger partial charge on any atom is -0.497 e. The first-order chi connectivity index (χ1) is 15.0. The van der Waals surface area contributed by atoms with E-state index in [0.717, 1.165) is 33.7 Å². The summed E-state index contributed by atoms with van der Waals surface area (Å²) < 4.78 is 8.30. The minimum atomic E-state index is -0.281. The zero-order valence-electron chi connectivity index (χ0n) is 17.4. The number of rotatable bonds is 6. The Labute approximate surface area is 180 Å². The highest BCUT2D eigenvalue weighted by Crippen LogP contribution is 2.24. The molecule has 0 saturated carbocycles. The largest absolute Gasteiger partial charge is 0.497 e. The molecule has 0 bridgehead atoms. The number of hydrogen-bond acceptors (Lipinski definition) is 5. The third kappa shape index (κ3) is 4.56. The molecule has 0 atom stereocenters. The molecular weight excluding hydrogens is 390 g/mol. The number of aromatic nitrogens is 3. The van der Waals surface area contributed by atoms with E-state index in [2.05, 4.69) is 17.2 Å². The summed E-state index contributed by atoms with van der Waals surface area (Å²) in [5.74, 6) is 1.05. The highest BCUT2D eigenvalue weighted by Gasteiger charge is 2.11. The minimum absolute atomic E-state index is 0.281. The normalized spacial score (nSPS) is 11.2. The fourth-order valence-electron chi connectivity index (χ4n) is 3.32. The molecule has 2 aromatic heterocycles. The molecule has 2 heterocycles. The van der Waals surface area contributed by atoms with Crippen molar-refractivity contribution in [3.63, 3.8) is 0 Å². The van der Waals surface area contributed by atoms with E-state index in [9.17, 15) is 4.79 Å². The summed E-state index contributed by atoms with van der Waals surface area (Å²) in [6.45, 7) is 2.44. The average molecular weight is 413 g/mol. The van der Waals surface area contributed by atoms with Crippen LogP contribution in [-0.4, -0.2) is 27.8 Å². The molecule has 0 aliphatic rings. The second-order valence-electron chi connectivity index (χ2n) is 7.20. The van der Waals surface area contributed by atoms with Gasteiger partial charge in [0.05, 0.1) is 19.9 Å². The van der Waals surface area contributed by atoms with E-state index in [1.807, 2.05) is 60.3 Å². The highest BCUT2D eigenvalue weighted by atomic mass is 16.5. The Kier molecular flexibility index (Phi) is 5.66. The van der Waals surface area contributed by atoms with Crippen LogP contribution < -0.4 is 16.0 Å². The van der Waals surface area contributed by atoms with Gasteiger partial charge in [-0.1, -0.05) is 30.3 Å². The van der Waals surface area contributed by atoms with Gasteiger partial charge in [0.15, 0.2) is 0 Å². The van der Waals surface area contributed by atoms with Gasteiger partial charge in [-0.2, -0.15) is 14.9 Å². The molecule has 2 aromatic carbocycles. The number of pyridine rings is 1. The zero-order valence-corrected chi connectivity index (χ0v) is 17.4. The van der Waals surface area contributed by atoms with Crippen LogP contribution in [-0.2, 0) is 6.54 Å². The molecule has 0 fully saturated rings. The number of nitrogens with zero attached hydrogens (tertiary/aromatic N) is 4. The van der Waals surface area contributed by atoms with Gasteiger partial charge in [0.25, 0.3) is 5.56 Å². The summed E-state index contributed by atoms with van der Waals surface area (Å²) in [4.78, 5) is 12.3. The van der Waals surface area contributed by atoms with Crippen molar-refractivity contribution in [3.8, 4) is 17.0 Å². The standard InChI is InChI=1S/C24H23N5O2/c1-17-12-22(25)29(23(30)13-17)26-14-20-16-28(15-18-6-4-3-5-7-18)27-24(20)19-8-10-21(31-2)11-9-19/h3-14,16H,15,25H2,1-2H3/b26-14-. The molecule has 0 saturated heterocycles. The second kappa shape index (κ2) is 8.71. The summed E-state index contributed by atoms with van der Waals surface area (Å²) in [6.07, 6.45) is 3.52. The Bertz CT molecular complexity index is 1270. The number of nitrogen functional groups attached to an aromatic ring is 1. The summed E-state index contributed by atoms with van der Waals surface area (Å²) in [7, 11) is 1.63. The highest BCUT2D eigenvalue weighted by molar-refractivity contribution is 5.88. The zero-order chi connectivity index (χ0) is 21.8. The van der Waals surface area contributed by atoms with Gasteiger partial charge in [-0.25, -0.2) is 0 Å². The van der Waals surface area contributed by atoms with Crippen molar-refractivity contribution in [3.05, 3.63) is 100.0 Å². The number of hydrogen-bond donors (Lipinski definition) is 1. The Morgan fingerprint density at radius 3 is 2.52 bits per heavy atom. The molecule has 0 unspecified atom stereocenters. The third-order valence-corrected chi connectivity index (χ3v) is 4.83. The van der Waals surface area contributed by atoms with Gasteiger partial charge in [-0.05, 0) is 48.4 Å². The van der Waals surface area contributed by atoms with Gasteiger partial charge in [0.2, 0.25) is 0 Å². The maximum absolute atomic E-state index is 12.3. The number of nitrogens with two attached hydrogens (primary N) is 1. The van der Waals surface area contributed by atoms with Crippen LogP contribution >= 0.6 is 0 Å². The number of anilines is 1. The Morgan fingerprint density at radius 2 is 1.84 bits per heavy atom. The summed E-state index contributed by atoms with van der Waals surface area (Å²) in [6, 6.07) is 20.9. The first-order valence-electron chi connectivity index (χ1n) is 9.83. The fraction of sp³-hybridized carbons (Fsp3) is 0.125. The van der Waals surface area contributed by atoms with Gasteiger partial charge in [0.1, 0.15) is 17.3 Å². The van der Waals surface area contributed by atoms with E-state index in [4.69, 9.17) is 15.6 Å². The van der Waals surface area contributed by atoms with Crippen molar-refractivity contribution in [2.45, 2.75) is 13.5 Å². The van der Waals surface area contributed by atoms with E-state index < -0.39 is 0 Å². The van der Waals surface area contributed by atoms with Crippen molar-refractivity contribution in [2.24, 2.45) is 5.10 Å². The maximum Gasteiger partial charge on any atom is 0.273 e. The molecule has 4 rings (SSSR count). The van der Waals surface area contributed by atoms with E-state index in [-0.39, 0.29) is 11.4 Å². The third-order valence-electron chi connectivity index (χ3n) is 4.83. The Hall–Kier alpha value is -4.13. The first kappa shape index (κ1) is 20.2. The molecule has 0 radical (unpaired) electrons. The predicted molar refractivity (Wildman–Crippen MR) is 123 cm³/mol. The van der Waals surface area contributed by atoms with Crippen molar-refractivity contribution in [2.75, 3.05) is 12.8 Å². The monoisotopic (exact) mass is 413 g/mol.